The van der Waals surface area contributed by atoms with E-state index in [2.05, 4.69) is 11.4 Å². The first kappa shape index (κ1) is 15.2. The van der Waals surface area contributed by atoms with E-state index in [0.29, 0.717) is 23.6 Å². The van der Waals surface area contributed by atoms with E-state index in [4.69, 9.17) is 14.2 Å². The van der Waals surface area contributed by atoms with Gasteiger partial charge in [-0.25, -0.2) is 0 Å². The Hall–Kier alpha value is -2.69. The summed E-state index contributed by atoms with van der Waals surface area (Å²) in [6.45, 7) is 1.21. The molecule has 0 unspecified atom stereocenters. The SMILES string of the molecule is COc1ccc(C(=O)NCc2ccc3c(c2)CCO3)cc1OC. The van der Waals surface area contributed by atoms with Gasteiger partial charge in [0.2, 0.25) is 0 Å². The number of methoxy groups -OCH3 is 2. The average molecular weight is 313 g/mol. The highest BCUT2D eigenvalue weighted by Crippen LogP contribution is 2.28. The molecule has 0 radical (unpaired) electrons. The predicted octanol–water partition coefficient (Wildman–Crippen LogP) is 2.57. The summed E-state index contributed by atoms with van der Waals surface area (Å²) in [5, 5.41) is 2.92. The summed E-state index contributed by atoms with van der Waals surface area (Å²) in [7, 11) is 3.11. The number of fused-ring (bicyclic) bond motifs is 1. The van der Waals surface area contributed by atoms with Crippen LogP contribution in [-0.2, 0) is 13.0 Å². The van der Waals surface area contributed by atoms with Gasteiger partial charge < -0.3 is 19.5 Å². The van der Waals surface area contributed by atoms with Crippen LogP contribution in [-0.4, -0.2) is 26.7 Å². The fourth-order valence-corrected chi connectivity index (χ4v) is 2.61. The highest BCUT2D eigenvalue weighted by atomic mass is 16.5. The molecule has 0 saturated carbocycles. The molecule has 5 nitrogen and oxygen atoms in total. The summed E-state index contributed by atoms with van der Waals surface area (Å²) in [5.74, 6) is 1.93. The lowest BCUT2D eigenvalue weighted by Crippen LogP contribution is -2.22. The second-order valence-corrected chi connectivity index (χ2v) is 5.29. The zero-order valence-electron chi connectivity index (χ0n) is 13.2. The lowest BCUT2D eigenvalue weighted by molar-refractivity contribution is 0.0950. The second kappa shape index (κ2) is 6.60. The number of benzene rings is 2. The Bertz CT molecular complexity index is 727. The van der Waals surface area contributed by atoms with Crippen LogP contribution in [0.2, 0.25) is 0 Å². The van der Waals surface area contributed by atoms with Gasteiger partial charge in [-0.3, -0.25) is 4.79 Å². The van der Waals surface area contributed by atoms with Crippen molar-refractivity contribution in [1.29, 1.82) is 0 Å². The fourth-order valence-electron chi connectivity index (χ4n) is 2.61. The van der Waals surface area contributed by atoms with Crippen LogP contribution < -0.4 is 19.5 Å². The van der Waals surface area contributed by atoms with Gasteiger partial charge in [0, 0.05) is 18.5 Å². The zero-order chi connectivity index (χ0) is 16.2. The Balaban J connectivity index is 1.67. The quantitative estimate of drug-likeness (QED) is 0.922. The maximum absolute atomic E-state index is 12.3. The van der Waals surface area contributed by atoms with Crippen molar-refractivity contribution in [2.45, 2.75) is 13.0 Å². The first-order chi connectivity index (χ1) is 11.2. The molecular weight excluding hydrogens is 294 g/mol. The third-order valence-corrected chi connectivity index (χ3v) is 3.85. The number of hydrogen-bond acceptors (Lipinski definition) is 4. The standard InChI is InChI=1S/C18H19NO4/c1-21-16-6-4-14(10-17(16)22-2)18(20)19-11-12-3-5-15-13(9-12)7-8-23-15/h3-6,9-10H,7-8,11H2,1-2H3,(H,19,20). The molecule has 3 rings (SSSR count). The Morgan fingerprint density at radius 3 is 2.74 bits per heavy atom. The Kier molecular flexibility index (Phi) is 4.37. The molecule has 1 N–H and O–H groups in total. The molecule has 1 heterocycles. The van der Waals surface area contributed by atoms with Gasteiger partial charge in [-0.2, -0.15) is 0 Å². The topological polar surface area (TPSA) is 56.8 Å². The molecule has 0 aromatic heterocycles. The predicted molar refractivity (Wildman–Crippen MR) is 86.4 cm³/mol. The molecule has 1 aliphatic heterocycles. The van der Waals surface area contributed by atoms with Crippen molar-refractivity contribution in [2.24, 2.45) is 0 Å². The van der Waals surface area contributed by atoms with Crippen LogP contribution in [0, 0.1) is 0 Å². The first-order valence-corrected chi connectivity index (χ1v) is 7.46. The van der Waals surface area contributed by atoms with Crippen molar-refractivity contribution >= 4 is 5.91 Å². The summed E-state index contributed by atoms with van der Waals surface area (Å²) < 4.78 is 15.9. The van der Waals surface area contributed by atoms with Crippen molar-refractivity contribution in [3.8, 4) is 17.2 Å². The smallest absolute Gasteiger partial charge is 0.251 e. The van der Waals surface area contributed by atoms with Gasteiger partial charge in [-0.15, -0.1) is 0 Å². The van der Waals surface area contributed by atoms with Crippen molar-refractivity contribution in [3.05, 3.63) is 53.1 Å². The second-order valence-electron chi connectivity index (χ2n) is 5.29. The summed E-state index contributed by atoms with van der Waals surface area (Å²) in [6, 6.07) is 11.1. The molecule has 1 aliphatic rings. The zero-order valence-corrected chi connectivity index (χ0v) is 13.2. The molecule has 5 heteroatoms. The normalized spacial score (nSPS) is 12.3. The molecule has 2 aromatic rings. The molecule has 1 amide bonds. The lowest BCUT2D eigenvalue weighted by Gasteiger charge is -2.10. The third-order valence-electron chi connectivity index (χ3n) is 3.85. The van der Waals surface area contributed by atoms with Crippen LogP contribution in [0.15, 0.2) is 36.4 Å². The van der Waals surface area contributed by atoms with Gasteiger partial charge in [-0.05, 0) is 35.4 Å². The molecule has 0 spiro atoms. The summed E-state index contributed by atoms with van der Waals surface area (Å²) in [6.07, 6.45) is 0.923. The van der Waals surface area contributed by atoms with Crippen LogP contribution >= 0.6 is 0 Å². The number of carbonyl (C=O) groups excluding carboxylic acids is 1. The number of ether oxygens (including phenoxy) is 3. The van der Waals surface area contributed by atoms with Crippen molar-refractivity contribution in [1.82, 2.24) is 5.32 Å². The number of hydrogen-bond donors (Lipinski definition) is 1. The molecule has 0 fully saturated rings. The monoisotopic (exact) mass is 313 g/mol. The Morgan fingerprint density at radius 2 is 1.96 bits per heavy atom. The highest BCUT2D eigenvalue weighted by molar-refractivity contribution is 5.94. The highest BCUT2D eigenvalue weighted by Gasteiger charge is 2.13. The molecular formula is C18H19NO4. The van der Waals surface area contributed by atoms with Gasteiger partial charge in [0.15, 0.2) is 11.5 Å². The maximum Gasteiger partial charge on any atom is 0.251 e. The van der Waals surface area contributed by atoms with E-state index >= 15 is 0 Å². The van der Waals surface area contributed by atoms with E-state index in [1.807, 2.05) is 12.1 Å². The van der Waals surface area contributed by atoms with Gasteiger partial charge in [-0.1, -0.05) is 12.1 Å². The lowest BCUT2D eigenvalue weighted by atomic mass is 10.1. The maximum atomic E-state index is 12.3. The first-order valence-electron chi connectivity index (χ1n) is 7.46. The van der Waals surface area contributed by atoms with Crippen LogP contribution in [0.5, 0.6) is 17.2 Å². The molecule has 0 bridgehead atoms. The van der Waals surface area contributed by atoms with Gasteiger partial charge in [0.05, 0.1) is 20.8 Å². The Labute approximate surface area is 135 Å². The number of rotatable bonds is 5. The third kappa shape index (κ3) is 3.23. The molecule has 23 heavy (non-hydrogen) atoms. The van der Waals surface area contributed by atoms with E-state index in [9.17, 15) is 4.79 Å². The molecule has 0 saturated heterocycles. The van der Waals surface area contributed by atoms with Gasteiger partial charge in [0.1, 0.15) is 5.75 Å². The number of amides is 1. The minimum Gasteiger partial charge on any atom is -0.493 e. The van der Waals surface area contributed by atoms with Crippen LogP contribution in [0.1, 0.15) is 21.5 Å². The minimum absolute atomic E-state index is 0.150. The largest absolute Gasteiger partial charge is 0.493 e. The van der Waals surface area contributed by atoms with E-state index in [1.54, 1.807) is 32.4 Å². The van der Waals surface area contributed by atoms with Crippen LogP contribution in [0.3, 0.4) is 0 Å². The molecule has 0 aliphatic carbocycles. The summed E-state index contributed by atoms with van der Waals surface area (Å²) in [5.41, 5.74) is 2.79. The van der Waals surface area contributed by atoms with E-state index in [0.717, 1.165) is 24.3 Å². The molecule has 2 aromatic carbocycles. The fraction of sp³-hybridized carbons (Fsp3) is 0.278. The number of nitrogens with one attached hydrogen (secondary N) is 1. The molecule has 0 atom stereocenters. The Morgan fingerprint density at radius 1 is 1.13 bits per heavy atom. The van der Waals surface area contributed by atoms with Crippen molar-refractivity contribution < 1.29 is 19.0 Å². The van der Waals surface area contributed by atoms with Crippen molar-refractivity contribution in [2.75, 3.05) is 20.8 Å². The number of carbonyl (C=O) groups is 1. The van der Waals surface area contributed by atoms with E-state index < -0.39 is 0 Å². The summed E-state index contributed by atoms with van der Waals surface area (Å²) in [4.78, 5) is 12.3. The van der Waals surface area contributed by atoms with Crippen LogP contribution in [0.25, 0.3) is 0 Å². The van der Waals surface area contributed by atoms with Gasteiger partial charge >= 0.3 is 0 Å². The van der Waals surface area contributed by atoms with E-state index in [-0.39, 0.29) is 5.91 Å². The average Bonchev–Trinajstić information content (AvgIpc) is 3.06. The van der Waals surface area contributed by atoms with Crippen LogP contribution in [0.4, 0.5) is 0 Å². The minimum atomic E-state index is -0.150. The van der Waals surface area contributed by atoms with Gasteiger partial charge in [0.25, 0.3) is 5.91 Å². The van der Waals surface area contributed by atoms with E-state index in [1.165, 1.54) is 5.56 Å². The molecule has 120 valence electrons. The summed E-state index contributed by atoms with van der Waals surface area (Å²) >= 11 is 0. The van der Waals surface area contributed by atoms with Crippen molar-refractivity contribution in [3.63, 3.8) is 0 Å².